The van der Waals surface area contributed by atoms with Crippen molar-refractivity contribution in [2.24, 2.45) is 0 Å². The van der Waals surface area contributed by atoms with E-state index >= 15 is 0 Å². The van der Waals surface area contributed by atoms with Crippen molar-refractivity contribution >= 4 is 45.1 Å². The van der Waals surface area contributed by atoms with Crippen LogP contribution >= 0.6 is 11.8 Å². The largest absolute Gasteiger partial charge is 0.383 e. The van der Waals surface area contributed by atoms with E-state index in [0.29, 0.717) is 28.2 Å². The summed E-state index contributed by atoms with van der Waals surface area (Å²) in [5.41, 5.74) is 9.94. The third-order valence-corrected chi connectivity index (χ3v) is 8.48. The van der Waals surface area contributed by atoms with Gasteiger partial charge in [-0.25, -0.2) is 28.1 Å². The Kier molecular flexibility index (Phi) is 8.76. The van der Waals surface area contributed by atoms with E-state index in [-0.39, 0.29) is 32.8 Å². The Morgan fingerprint density at radius 1 is 0.929 bits per heavy atom. The van der Waals surface area contributed by atoms with Crippen LogP contribution < -0.4 is 15.8 Å². The van der Waals surface area contributed by atoms with Gasteiger partial charge < -0.3 is 11.1 Å². The third kappa shape index (κ3) is 6.66. The van der Waals surface area contributed by atoms with Crippen molar-refractivity contribution in [3.8, 4) is 23.3 Å². The predicted octanol–water partition coefficient (Wildman–Crippen LogP) is 4.71. The molecule has 4 N–H and O–H groups in total. The van der Waals surface area contributed by atoms with Crippen molar-refractivity contribution in [1.82, 2.24) is 15.0 Å². The van der Waals surface area contributed by atoms with Gasteiger partial charge in [-0.2, -0.15) is 10.5 Å². The summed E-state index contributed by atoms with van der Waals surface area (Å²) in [6.07, 6.45) is 0. The number of benzene rings is 2. The van der Waals surface area contributed by atoms with E-state index in [9.17, 15) is 23.7 Å². The van der Waals surface area contributed by atoms with E-state index in [1.54, 1.807) is 39.0 Å². The van der Waals surface area contributed by atoms with Crippen LogP contribution in [-0.4, -0.2) is 34.5 Å². The van der Waals surface area contributed by atoms with Gasteiger partial charge in [0.2, 0.25) is 11.9 Å². The van der Waals surface area contributed by atoms with Crippen LogP contribution in [0.3, 0.4) is 0 Å². The van der Waals surface area contributed by atoms with Crippen molar-refractivity contribution in [3.63, 3.8) is 0 Å². The van der Waals surface area contributed by atoms with Gasteiger partial charge in [0.15, 0.2) is 0 Å². The van der Waals surface area contributed by atoms with Crippen LogP contribution in [0.5, 0.6) is 0 Å². The average molecular weight is 599 g/mol. The molecular weight excluding hydrogens is 573 g/mol. The number of aromatic nitrogens is 3. The van der Waals surface area contributed by atoms with Crippen LogP contribution in [-0.2, 0) is 14.8 Å². The molecule has 4 rings (SSSR count). The number of hydrogen-bond donors (Lipinski definition) is 3. The number of aryl methyl sites for hydroxylation is 3. The smallest absolute Gasteiger partial charge is 0.264 e. The summed E-state index contributed by atoms with van der Waals surface area (Å²) in [5.74, 6) is -0.489. The number of thioether (sulfide) groups is 1. The zero-order chi connectivity index (χ0) is 30.6. The van der Waals surface area contributed by atoms with Crippen LogP contribution in [0, 0.1) is 43.4 Å². The minimum atomic E-state index is -3.96. The van der Waals surface area contributed by atoms with E-state index in [2.05, 4.69) is 31.1 Å². The molecule has 2 aromatic heterocycles. The Hall–Kier alpha value is -4.98. The van der Waals surface area contributed by atoms with Gasteiger partial charge in [0.1, 0.15) is 28.5 Å². The molecule has 1 amide bonds. The number of pyridine rings is 1. The highest BCUT2D eigenvalue weighted by molar-refractivity contribution is 8.00. The van der Waals surface area contributed by atoms with Crippen molar-refractivity contribution in [1.29, 1.82) is 10.5 Å². The molecule has 11 nitrogen and oxygen atoms in total. The fourth-order valence-electron chi connectivity index (χ4n) is 4.03. The van der Waals surface area contributed by atoms with E-state index in [0.717, 1.165) is 17.3 Å². The SMILES string of the molecule is Cc1ccc(-c2c(C#N)c(N)nc(SC(C)C(=O)Nc3ccc(S(=O)(=O)Nc4nc(C)cc(C)n4)cc3)c2C#N)cc1. The van der Waals surface area contributed by atoms with Gasteiger partial charge in [-0.1, -0.05) is 41.6 Å². The van der Waals surface area contributed by atoms with Crippen LogP contribution in [0.25, 0.3) is 11.1 Å². The van der Waals surface area contributed by atoms with Gasteiger partial charge in [0.05, 0.1) is 15.7 Å². The van der Waals surface area contributed by atoms with Crippen LogP contribution in [0.15, 0.2) is 64.5 Å². The molecule has 13 heteroatoms. The minimum absolute atomic E-state index is 0.0324. The number of nitrogen functional groups attached to an aromatic ring is 1. The van der Waals surface area contributed by atoms with E-state index < -0.39 is 21.2 Å². The molecule has 0 spiro atoms. The lowest BCUT2D eigenvalue weighted by Gasteiger charge is -2.16. The Morgan fingerprint density at radius 2 is 1.52 bits per heavy atom. The summed E-state index contributed by atoms with van der Waals surface area (Å²) in [7, 11) is -3.96. The summed E-state index contributed by atoms with van der Waals surface area (Å²) in [6, 6.07) is 18.8. The van der Waals surface area contributed by atoms with E-state index in [1.807, 2.05) is 25.1 Å². The number of amides is 1. The van der Waals surface area contributed by atoms with Crippen molar-refractivity contribution in [2.45, 2.75) is 42.9 Å². The fourth-order valence-corrected chi connectivity index (χ4v) is 5.89. The zero-order valence-corrected chi connectivity index (χ0v) is 24.8. The first-order valence-corrected chi connectivity index (χ1v) is 14.9. The number of sulfonamides is 1. The molecule has 0 fully saturated rings. The first-order valence-electron chi connectivity index (χ1n) is 12.5. The number of hydrogen-bond acceptors (Lipinski definition) is 10. The summed E-state index contributed by atoms with van der Waals surface area (Å²) in [5, 5.41) is 22.0. The Balaban J connectivity index is 1.52. The Morgan fingerprint density at radius 3 is 2.10 bits per heavy atom. The number of nitriles is 2. The van der Waals surface area contributed by atoms with E-state index in [4.69, 9.17) is 5.73 Å². The second kappa shape index (κ2) is 12.3. The first kappa shape index (κ1) is 30.0. The molecule has 0 bridgehead atoms. The Labute approximate surface area is 247 Å². The van der Waals surface area contributed by atoms with Gasteiger partial charge in [0.25, 0.3) is 10.0 Å². The average Bonchev–Trinajstić information content (AvgIpc) is 2.92. The lowest BCUT2D eigenvalue weighted by molar-refractivity contribution is -0.115. The van der Waals surface area contributed by atoms with Gasteiger partial charge in [-0.3, -0.25) is 4.79 Å². The monoisotopic (exact) mass is 598 g/mol. The number of rotatable bonds is 8. The standard InChI is InChI=1S/C29H26N8O3S2/c1-16-5-7-20(8-6-16)25-23(14-30)26(32)36-28(24(25)15-31)41-19(4)27(38)35-21-9-11-22(12-10-21)42(39,40)37-29-33-17(2)13-18(3)34-29/h5-13,19H,1-4H3,(H2,32,36)(H,35,38)(H,33,34,37). The second-order valence-corrected chi connectivity index (χ2v) is 12.4. The Bertz CT molecular complexity index is 1840. The lowest BCUT2D eigenvalue weighted by Crippen LogP contribution is -2.23. The quantitative estimate of drug-likeness (QED) is 0.240. The van der Waals surface area contributed by atoms with Crippen LogP contribution in [0.2, 0.25) is 0 Å². The fraction of sp³-hybridized carbons (Fsp3) is 0.172. The highest BCUT2D eigenvalue weighted by Crippen LogP contribution is 2.37. The molecule has 0 saturated heterocycles. The molecule has 2 aromatic carbocycles. The number of nitrogens with two attached hydrogens (primary N) is 1. The molecule has 1 unspecified atom stereocenters. The summed E-state index contributed by atoms with van der Waals surface area (Å²) < 4.78 is 28.0. The maximum atomic E-state index is 13.0. The van der Waals surface area contributed by atoms with Gasteiger partial charge in [-0.05, 0) is 63.6 Å². The van der Waals surface area contributed by atoms with E-state index in [1.165, 1.54) is 24.3 Å². The maximum absolute atomic E-state index is 13.0. The van der Waals surface area contributed by atoms with Crippen molar-refractivity contribution < 1.29 is 13.2 Å². The number of nitrogens with one attached hydrogen (secondary N) is 2. The normalized spacial score (nSPS) is 11.7. The molecule has 0 aliphatic rings. The molecule has 42 heavy (non-hydrogen) atoms. The van der Waals surface area contributed by atoms with Gasteiger partial charge in [-0.15, -0.1) is 0 Å². The number of anilines is 3. The topological polar surface area (TPSA) is 188 Å². The molecule has 2 heterocycles. The molecule has 1 atom stereocenters. The summed E-state index contributed by atoms with van der Waals surface area (Å²) >= 11 is 1.02. The third-order valence-electron chi connectivity index (χ3n) is 6.05. The molecule has 0 aliphatic heterocycles. The summed E-state index contributed by atoms with van der Waals surface area (Å²) in [4.78, 5) is 25.5. The van der Waals surface area contributed by atoms with Gasteiger partial charge in [0, 0.05) is 22.6 Å². The molecule has 4 aromatic rings. The first-order chi connectivity index (χ1) is 19.9. The minimum Gasteiger partial charge on any atom is -0.383 e. The second-order valence-electron chi connectivity index (χ2n) is 9.37. The molecule has 0 saturated carbocycles. The molecule has 0 radical (unpaired) electrons. The summed E-state index contributed by atoms with van der Waals surface area (Å²) in [6.45, 7) is 7.03. The molecule has 0 aliphatic carbocycles. The highest BCUT2D eigenvalue weighted by atomic mass is 32.2. The van der Waals surface area contributed by atoms with Crippen molar-refractivity contribution in [2.75, 3.05) is 15.8 Å². The molecule has 212 valence electrons. The maximum Gasteiger partial charge on any atom is 0.264 e. The lowest BCUT2D eigenvalue weighted by atomic mass is 9.96. The van der Waals surface area contributed by atoms with Crippen LogP contribution in [0.1, 0.15) is 35.0 Å². The number of nitrogens with zero attached hydrogens (tertiary/aromatic N) is 5. The number of carbonyl (C=O) groups excluding carboxylic acids is 1. The van der Waals surface area contributed by atoms with Crippen LogP contribution in [0.4, 0.5) is 17.5 Å². The van der Waals surface area contributed by atoms with Gasteiger partial charge >= 0.3 is 0 Å². The van der Waals surface area contributed by atoms with Crippen molar-refractivity contribution in [3.05, 3.63) is 82.7 Å². The highest BCUT2D eigenvalue weighted by Gasteiger charge is 2.24. The zero-order valence-electron chi connectivity index (χ0n) is 23.1. The molecular formula is C29H26N8O3S2. The number of carbonyl (C=O) groups is 1. The predicted molar refractivity (Wildman–Crippen MR) is 161 cm³/mol.